The third-order valence-electron chi connectivity index (χ3n) is 4.59. The molecule has 3 rings (SSSR count). The fraction of sp³-hybridized carbons (Fsp3) is 0.348. The van der Waals surface area contributed by atoms with Crippen LogP contribution in [0.25, 0.3) is 5.82 Å². The quantitative estimate of drug-likeness (QED) is 0.238. The first-order chi connectivity index (χ1) is 16.2. The highest BCUT2D eigenvalue weighted by Crippen LogP contribution is 2.32. The van der Waals surface area contributed by atoms with Crippen molar-refractivity contribution in [2.75, 3.05) is 20.3 Å². The Labute approximate surface area is 194 Å². The van der Waals surface area contributed by atoms with Gasteiger partial charge in [-0.2, -0.15) is 13.2 Å². The van der Waals surface area contributed by atoms with Crippen LogP contribution in [0.5, 0.6) is 23.1 Å². The van der Waals surface area contributed by atoms with Gasteiger partial charge in [0.05, 0.1) is 25.9 Å². The predicted molar refractivity (Wildman–Crippen MR) is 116 cm³/mol. The summed E-state index contributed by atoms with van der Waals surface area (Å²) in [5.74, 6) is 1.29. The molecule has 0 atom stereocenters. The number of carbonyl (C=O) groups is 1. The molecule has 0 spiro atoms. The Hall–Kier alpha value is -3.76. The molecule has 11 heteroatoms. The summed E-state index contributed by atoms with van der Waals surface area (Å²) < 4.78 is 61.4. The second-order valence-corrected chi connectivity index (χ2v) is 7.10. The largest absolute Gasteiger partial charge is 0.497 e. The van der Waals surface area contributed by atoms with Gasteiger partial charge in [0.15, 0.2) is 17.3 Å². The first kappa shape index (κ1) is 24.9. The van der Waals surface area contributed by atoms with E-state index >= 15 is 0 Å². The van der Waals surface area contributed by atoms with Gasteiger partial charge in [-0.15, -0.1) is 5.10 Å². The van der Waals surface area contributed by atoms with Crippen molar-refractivity contribution >= 4 is 5.97 Å². The van der Waals surface area contributed by atoms with Gasteiger partial charge in [0.25, 0.3) is 0 Å². The first-order valence-electron chi connectivity index (χ1n) is 10.5. The van der Waals surface area contributed by atoms with E-state index in [0.29, 0.717) is 43.4 Å². The zero-order valence-electron chi connectivity index (χ0n) is 18.9. The van der Waals surface area contributed by atoms with Crippen molar-refractivity contribution in [3.05, 3.63) is 53.9 Å². The fourth-order valence-corrected chi connectivity index (χ4v) is 3.04. The predicted octanol–water partition coefficient (Wildman–Crippen LogP) is 4.63. The highest BCUT2D eigenvalue weighted by Gasteiger charge is 2.30. The first-order valence-corrected chi connectivity index (χ1v) is 10.5. The SMILES string of the molecule is CCOc1nn(-c2ccc(C(F)(F)F)cn2)cc1CCCOc1ccc(OC)cc1OC(C)=O. The summed E-state index contributed by atoms with van der Waals surface area (Å²) in [7, 11) is 1.50. The lowest BCUT2D eigenvalue weighted by molar-refractivity contribution is -0.138. The molecule has 0 N–H and O–H groups in total. The minimum absolute atomic E-state index is 0.237. The van der Waals surface area contributed by atoms with Crippen LogP contribution < -0.4 is 18.9 Å². The topological polar surface area (TPSA) is 84.7 Å². The highest BCUT2D eigenvalue weighted by molar-refractivity contribution is 5.70. The molecule has 182 valence electrons. The Kier molecular flexibility index (Phi) is 7.98. The maximum atomic E-state index is 12.8. The maximum absolute atomic E-state index is 12.8. The molecule has 2 aromatic heterocycles. The van der Waals surface area contributed by atoms with Gasteiger partial charge in [-0.1, -0.05) is 0 Å². The number of rotatable bonds is 10. The molecule has 0 aliphatic carbocycles. The summed E-state index contributed by atoms with van der Waals surface area (Å²) in [4.78, 5) is 15.2. The molecular weight excluding hydrogens is 455 g/mol. The van der Waals surface area contributed by atoms with E-state index in [1.54, 1.807) is 24.4 Å². The molecule has 2 heterocycles. The number of methoxy groups -OCH3 is 1. The van der Waals surface area contributed by atoms with E-state index in [4.69, 9.17) is 18.9 Å². The van der Waals surface area contributed by atoms with E-state index in [2.05, 4.69) is 10.1 Å². The average Bonchev–Trinajstić information content (AvgIpc) is 3.19. The molecule has 0 radical (unpaired) electrons. The molecule has 1 aromatic carbocycles. The van der Waals surface area contributed by atoms with E-state index in [9.17, 15) is 18.0 Å². The third-order valence-corrected chi connectivity index (χ3v) is 4.59. The van der Waals surface area contributed by atoms with Gasteiger partial charge in [-0.3, -0.25) is 4.79 Å². The van der Waals surface area contributed by atoms with Gasteiger partial charge < -0.3 is 18.9 Å². The number of aromatic nitrogens is 3. The van der Waals surface area contributed by atoms with E-state index in [0.717, 1.165) is 17.8 Å². The lowest BCUT2D eigenvalue weighted by Gasteiger charge is -2.12. The van der Waals surface area contributed by atoms with Gasteiger partial charge >= 0.3 is 12.1 Å². The standard InChI is InChI=1S/C23H24F3N3O5/c1-4-32-22-16(14-29(28-22)21-10-7-17(13-27-21)23(24,25)26)6-5-11-33-19-9-8-18(31-3)12-20(19)34-15(2)30/h7-10,12-14H,4-6,11H2,1-3H3. The minimum atomic E-state index is -4.46. The Morgan fingerprint density at radius 1 is 1.12 bits per heavy atom. The zero-order chi connectivity index (χ0) is 24.7. The number of carbonyl (C=O) groups excluding carboxylic acids is 1. The normalized spacial score (nSPS) is 11.2. The van der Waals surface area contributed by atoms with Crippen LogP contribution in [0.3, 0.4) is 0 Å². The van der Waals surface area contributed by atoms with Gasteiger partial charge in [-0.05, 0) is 44.0 Å². The van der Waals surface area contributed by atoms with Crippen LogP contribution in [-0.4, -0.2) is 41.1 Å². The van der Waals surface area contributed by atoms with Crippen LogP contribution in [0, 0.1) is 0 Å². The summed E-state index contributed by atoms with van der Waals surface area (Å²) in [6.45, 7) is 3.78. The fourth-order valence-electron chi connectivity index (χ4n) is 3.04. The van der Waals surface area contributed by atoms with E-state index in [1.165, 1.54) is 24.8 Å². The summed E-state index contributed by atoms with van der Waals surface area (Å²) in [6.07, 6.45) is -0.943. The van der Waals surface area contributed by atoms with Crippen molar-refractivity contribution in [3.8, 4) is 28.9 Å². The molecule has 0 saturated carbocycles. The van der Waals surface area contributed by atoms with Crippen LogP contribution in [0.1, 0.15) is 31.4 Å². The highest BCUT2D eigenvalue weighted by atomic mass is 19.4. The van der Waals surface area contributed by atoms with Crippen LogP contribution in [0.2, 0.25) is 0 Å². The number of benzene rings is 1. The monoisotopic (exact) mass is 479 g/mol. The molecule has 0 unspecified atom stereocenters. The van der Waals surface area contributed by atoms with Crippen molar-refractivity contribution < 1.29 is 36.9 Å². The van der Waals surface area contributed by atoms with Crippen molar-refractivity contribution in [1.82, 2.24) is 14.8 Å². The summed E-state index contributed by atoms with van der Waals surface area (Å²) >= 11 is 0. The number of aryl methyl sites for hydroxylation is 1. The number of alkyl halides is 3. The van der Waals surface area contributed by atoms with Crippen LogP contribution in [-0.2, 0) is 17.4 Å². The van der Waals surface area contributed by atoms with Crippen LogP contribution in [0.4, 0.5) is 13.2 Å². The van der Waals surface area contributed by atoms with Crippen LogP contribution in [0.15, 0.2) is 42.7 Å². The van der Waals surface area contributed by atoms with Crippen molar-refractivity contribution in [1.29, 1.82) is 0 Å². The van der Waals surface area contributed by atoms with E-state index in [-0.39, 0.29) is 11.6 Å². The molecule has 0 aliphatic rings. The lowest BCUT2D eigenvalue weighted by Crippen LogP contribution is -2.07. The molecule has 0 saturated heterocycles. The summed E-state index contributed by atoms with van der Waals surface area (Å²) in [5, 5.41) is 4.30. The number of hydrogen-bond acceptors (Lipinski definition) is 7. The molecule has 0 fully saturated rings. The average molecular weight is 479 g/mol. The van der Waals surface area contributed by atoms with E-state index < -0.39 is 17.7 Å². The molecular formula is C23H24F3N3O5. The Morgan fingerprint density at radius 2 is 1.91 bits per heavy atom. The van der Waals surface area contributed by atoms with Gasteiger partial charge in [0.1, 0.15) is 5.75 Å². The molecule has 0 amide bonds. The Balaban J connectivity index is 1.67. The minimum Gasteiger partial charge on any atom is -0.497 e. The maximum Gasteiger partial charge on any atom is 0.417 e. The number of hydrogen-bond donors (Lipinski definition) is 0. The molecule has 0 bridgehead atoms. The Morgan fingerprint density at radius 3 is 2.53 bits per heavy atom. The van der Waals surface area contributed by atoms with Gasteiger partial charge in [0.2, 0.25) is 5.88 Å². The molecule has 34 heavy (non-hydrogen) atoms. The number of nitrogens with zero attached hydrogens (tertiary/aromatic N) is 3. The third kappa shape index (κ3) is 6.40. The zero-order valence-corrected chi connectivity index (χ0v) is 18.9. The molecule has 0 aliphatic heterocycles. The number of halogens is 3. The van der Waals surface area contributed by atoms with Crippen molar-refractivity contribution in [2.45, 2.75) is 32.9 Å². The number of ether oxygens (including phenoxy) is 4. The number of esters is 1. The molecule has 3 aromatic rings. The molecule has 8 nitrogen and oxygen atoms in total. The van der Waals surface area contributed by atoms with Crippen molar-refractivity contribution in [3.63, 3.8) is 0 Å². The van der Waals surface area contributed by atoms with Gasteiger partial charge in [-0.25, -0.2) is 9.67 Å². The summed E-state index contributed by atoms with van der Waals surface area (Å²) in [6, 6.07) is 7.10. The lowest BCUT2D eigenvalue weighted by atomic mass is 10.2. The second-order valence-electron chi connectivity index (χ2n) is 7.10. The van der Waals surface area contributed by atoms with Crippen LogP contribution >= 0.6 is 0 Å². The van der Waals surface area contributed by atoms with Gasteiger partial charge in [0, 0.05) is 30.9 Å². The Bertz CT molecular complexity index is 1110. The second kappa shape index (κ2) is 10.9. The van der Waals surface area contributed by atoms with E-state index in [1.807, 2.05) is 6.92 Å². The number of pyridine rings is 1. The van der Waals surface area contributed by atoms with Crippen molar-refractivity contribution in [2.24, 2.45) is 0 Å². The summed E-state index contributed by atoms with van der Waals surface area (Å²) in [5.41, 5.74) is -0.0837. The smallest absolute Gasteiger partial charge is 0.417 e.